The summed E-state index contributed by atoms with van der Waals surface area (Å²) in [5.74, 6) is 1.17. The summed E-state index contributed by atoms with van der Waals surface area (Å²) in [5.41, 5.74) is 3.13. The number of nitrogens with zero attached hydrogens (tertiary/aromatic N) is 5. The normalized spacial score (nSPS) is 10.8. The molecule has 3 aromatic rings. The van der Waals surface area contributed by atoms with Crippen LogP contribution < -0.4 is 9.80 Å². The molecule has 0 atom stereocenters. The predicted octanol–water partition coefficient (Wildman–Crippen LogP) is 4.47. The number of para-hydroxylation sites is 1. The van der Waals surface area contributed by atoms with Gasteiger partial charge in [-0.2, -0.15) is 0 Å². The quantitative estimate of drug-likeness (QED) is 0.475. The van der Waals surface area contributed by atoms with Crippen molar-refractivity contribution in [2.75, 3.05) is 35.2 Å². The Bertz CT molecular complexity index is 951. The molecule has 7 heteroatoms. The van der Waals surface area contributed by atoms with E-state index in [0.29, 0.717) is 12.3 Å². The van der Waals surface area contributed by atoms with Crippen LogP contribution in [-0.2, 0) is 11.8 Å². The summed E-state index contributed by atoms with van der Waals surface area (Å²) in [6.45, 7) is 8.88. The van der Waals surface area contributed by atoms with Crippen molar-refractivity contribution in [1.82, 2.24) is 14.8 Å². The van der Waals surface area contributed by atoms with Gasteiger partial charge in [-0.3, -0.25) is 4.79 Å². The van der Waals surface area contributed by atoms with E-state index in [9.17, 15) is 4.79 Å². The fraction of sp³-hybridized carbons (Fsp3) is 0.348. The molecule has 1 aromatic heterocycles. The van der Waals surface area contributed by atoms with Crippen molar-refractivity contribution >= 4 is 29.0 Å². The van der Waals surface area contributed by atoms with E-state index in [2.05, 4.69) is 53.2 Å². The fourth-order valence-corrected chi connectivity index (χ4v) is 4.20. The zero-order valence-electron chi connectivity index (χ0n) is 18.1. The molecule has 0 N–H and O–H groups in total. The first-order valence-corrected chi connectivity index (χ1v) is 11.3. The van der Waals surface area contributed by atoms with Gasteiger partial charge in [-0.15, -0.1) is 10.2 Å². The topological polar surface area (TPSA) is 54.3 Å². The summed E-state index contributed by atoms with van der Waals surface area (Å²) in [6, 6.07) is 18.1. The minimum absolute atomic E-state index is 0.0572. The van der Waals surface area contributed by atoms with Gasteiger partial charge < -0.3 is 14.4 Å². The van der Waals surface area contributed by atoms with Crippen molar-refractivity contribution in [3.05, 3.63) is 54.6 Å². The van der Waals surface area contributed by atoms with Gasteiger partial charge in [0.25, 0.3) is 0 Å². The van der Waals surface area contributed by atoms with Gasteiger partial charge in [0, 0.05) is 43.6 Å². The SMILES string of the molecule is CCN(CC)c1ccc(-c2nnc(SCC(=O)N(CC)c3ccccc3)n2C)cc1. The molecule has 0 spiro atoms. The number of aromatic nitrogens is 3. The van der Waals surface area contributed by atoms with Gasteiger partial charge >= 0.3 is 0 Å². The fourth-order valence-electron chi connectivity index (χ4n) is 3.42. The second kappa shape index (κ2) is 10.3. The Morgan fingerprint density at radius 2 is 1.57 bits per heavy atom. The Hall–Kier alpha value is -2.80. The van der Waals surface area contributed by atoms with Crippen molar-refractivity contribution in [3.8, 4) is 11.4 Å². The lowest BCUT2D eigenvalue weighted by atomic mass is 10.2. The van der Waals surface area contributed by atoms with E-state index >= 15 is 0 Å². The highest BCUT2D eigenvalue weighted by Crippen LogP contribution is 2.25. The molecule has 0 saturated heterocycles. The lowest BCUT2D eigenvalue weighted by Crippen LogP contribution is -2.32. The van der Waals surface area contributed by atoms with E-state index < -0.39 is 0 Å². The molecule has 158 valence electrons. The first-order chi connectivity index (χ1) is 14.6. The summed E-state index contributed by atoms with van der Waals surface area (Å²) >= 11 is 1.41. The molecular weight excluding hydrogens is 394 g/mol. The number of anilines is 2. The third-order valence-corrected chi connectivity index (χ3v) is 6.10. The van der Waals surface area contributed by atoms with Gasteiger partial charge in [0.2, 0.25) is 5.91 Å². The molecule has 0 bridgehead atoms. The molecule has 2 aromatic carbocycles. The third-order valence-electron chi connectivity index (χ3n) is 5.10. The Morgan fingerprint density at radius 1 is 0.900 bits per heavy atom. The van der Waals surface area contributed by atoms with E-state index in [1.807, 2.05) is 48.9 Å². The van der Waals surface area contributed by atoms with Gasteiger partial charge in [-0.25, -0.2) is 0 Å². The predicted molar refractivity (Wildman–Crippen MR) is 125 cm³/mol. The van der Waals surface area contributed by atoms with E-state index in [0.717, 1.165) is 35.3 Å². The lowest BCUT2D eigenvalue weighted by Gasteiger charge is -2.21. The van der Waals surface area contributed by atoms with Crippen molar-refractivity contribution in [1.29, 1.82) is 0 Å². The number of hydrogen-bond acceptors (Lipinski definition) is 5. The van der Waals surface area contributed by atoms with Gasteiger partial charge in [-0.1, -0.05) is 30.0 Å². The smallest absolute Gasteiger partial charge is 0.237 e. The first kappa shape index (κ1) is 21.9. The highest BCUT2D eigenvalue weighted by atomic mass is 32.2. The van der Waals surface area contributed by atoms with E-state index in [-0.39, 0.29) is 5.91 Å². The van der Waals surface area contributed by atoms with Crippen molar-refractivity contribution in [2.24, 2.45) is 7.05 Å². The van der Waals surface area contributed by atoms with Crippen LogP contribution in [-0.4, -0.2) is 46.1 Å². The highest BCUT2D eigenvalue weighted by molar-refractivity contribution is 7.99. The zero-order chi connectivity index (χ0) is 21.5. The Labute approximate surface area is 182 Å². The Kier molecular flexibility index (Phi) is 7.52. The maximum atomic E-state index is 12.7. The molecular formula is C23H29N5OS. The van der Waals surface area contributed by atoms with Crippen LogP contribution in [0.3, 0.4) is 0 Å². The van der Waals surface area contributed by atoms with Crippen LogP contribution in [0.4, 0.5) is 11.4 Å². The molecule has 1 amide bonds. The van der Waals surface area contributed by atoms with Crippen LogP contribution in [0.2, 0.25) is 0 Å². The van der Waals surface area contributed by atoms with Crippen molar-refractivity contribution < 1.29 is 4.79 Å². The number of amides is 1. The van der Waals surface area contributed by atoms with Crippen LogP contribution in [0.5, 0.6) is 0 Å². The minimum atomic E-state index is 0.0572. The number of hydrogen-bond donors (Lipinski definition) is 0. The minimum Gasteiger partial charge on any atom is -0.372 e. The van der Waals surface area contributed by atoms with E-state index in [1.165, 1.54) is 17.4 Å². The number of benzene rings is 2. The molecule has 0 saturated carbocycles. The van der Waals surface area contributed by atoms with E-state index in [1.54, 1.807) is 4.90 Å². The number of rotatable bonds is 9. The molecule has 6 nitrogen and oxygen atoms in total. The summed E-state index contributed by atoms with van der Waals surface area (Å²) in [6.07, 6.45) is 0. The standard InChI is InChI=1S/C23H29N5OS/c1-5-27(6-2)19-15-13-18(14-16-19)22-24-25-23(26(22)4)30-17-21(29)28(7-3)20-11-9-8-10-12-20/h8-16H,5-7,17H2,1-4H3. The maximum Gasteiger partial charge on any atom is 0.237 e. The average molecular weight is 424 g/mol. The highest BCUT2D eigenvalue weighted by Gasteiger charge is 2.17. The van der Waals surface area contributed by atoms with Crippen molar-refractivity contribution in [3.63, 3.8) is 0 Å². The molecule has 1 heterocycles. The molecule has 0 aliphatic rings. The third kappa shape index (κ3) is 4.84. The summed E-state index contributed by atoms with van der Waals surface area (Å²) < 4.78 is 1.95. The summed E-state index contributed by atoms with van der Waals surface area (Å²) in [7, 11) is 1.94. The zero-order valence-corrected chi connectivity index (χ0v) is 18.9. The number of thioether (sulfide) groups is 1. The monoisotopic (exact) mass is 423 g/mol. The van der Waals surface area contributed by atoms with Crippen LogP contribution in [0, 0.1) is 0 Å². The average Bonchev–Trinajstić information content (AvgIpc) is 3.15. The molecule has 0 aliphatic heterocycles. The molecule has 0 aliphatic carbocycles. The van der Waals surface area contributed by atoms with Gasteiger partial charge in [0.05, 0.1) is 5.75 Å². The van der Waals surface area contributed by atoms with Gasteiger partial charge in [0.1, 0.15) is 0 Å². The maximum absolute atomic E-state index is 12.7. The van der Waals surface area contributed by atoms with Crippen LogP contribution >= 0.6 is 11.8 Å². The second-order valence-corrected chi connectivity index (χ2v) is 7.79. The van der Waals surface area contributed by atoms with Crippen molar-refractivity contribution in [2.45, 2.75) is 25.9 Å². The van der Waals surface area contributed by atoms with E-state index in [4.69, 9.17) is 0 Å². The molecule has 0 radical (unpaired) electrons. The first-order valence-electron chi connectivity index (χ1n) is 10.3. The van der Waals surface area contributed by atoms with Crippen LogP contribution in [0.15, 0.2) is 59.8 Å². The summed E-state index contributed by atoms with van der Waals surface area (Å²) in [5, 5.41) is 9.39. The summed E-state index contributed by atoms with van der Waals surface area (Å²) in [4.78, 5) is 16.8. The van der Waals surface area contributed by atoms with Crippen LogP contribution in [0.1, 0.15) is 20.8 Å². The largest absolute Gasteiger partial charge is 0.372 e. The second-order valence-electron chi connectivity index (χ2n) is 6.85. The molecule has 0 unspecified atom stereocenters. The number of carbonyl (C=O) groups is 1. The molecule has 30 heavy (non-hydrogen) atoms. The number of carbonyl (C=O) groups excluding carboxylic acids is 1. The molecule has 0 fully saturated rings. The lowest BCUT2D eigenvalue weighted by molar-refractivity contribution is -0.116. The Morgan fingerprint density at radius 3 is 2.17 bits per heavy atom. The molecule has 3 rings (SSSR count). The van der Waals surface area contributed by atoms with Gasteiger partial charge in [0.15, 0.2) is 11.0 Å². The Balaban J connectivity index is 1.69. The van der Waals surface area contributed by atoms with Crippen LogP contribution in [0.25, 0.3) is 11.4 Å². The van der Waals surface area contributed by atoms with Gasteiger partial charge in [-0.05, 0) is 57.2 Å².